The van der Waals surface area contributed by atoms with Crippen LogP contribution in [0.15, 0.2) is 59.6 Å². The molecule has 2 unspecified atom stereocenters. The number of aliphatic imine (C=N–C) groups is 1. The van der Waals surface area contributed by atoms with Crippen molar-refractivity contribution in [2.24, 2.45) is 10.9 Å². The Morgan fingerprint density at radius 1 is 1.19 bits per heavy atom. The normalized spacial score (nSPS) is 17.5. The standard InChI is InChI=1S/C24H31ClN4O2/c1-18(31-22-11-7-6-10-21(22)25)15-27-24(26-2)28-16-20-14-23(30)29(17-20)13-12-19-8-4-3-5-9-19/h3-11,18,20H,12-17H2,1-2H3,(H2,26,27,28). The fourth-order valence-electron chi connectivity index (χ4n) is 3.62. The number of amides is 1. The number of benzene rings is 2. The van der Waals surface area contributed by atoms with Gasteiger partial charge < -0.3 is 20.3 Å². The van der Waals surface area contributed by atoms with E-state index >= 15 is 0 Å². The Balaban J connectivity index is 1.38. The SMILES string of the molecule is CN=C(NCC1CC(=O)N(CCc2ccccc2)C1)NCC(C)Oc1ccccc1Cl. The third-order valence-corrected chi connectivity index (χ3v) is 5.62. The number of carbonyl (C=O) groups is 1. The number of para-hydroxylation sites is 1. The molecule has 3 rings (SSSR count). The second-order valence-corrected chi connectivity index (χ2v) is 8.25. The molecular weight excluding hydrogens is 412 g/mol. The van der Waals surface area contributed by atoms with E-state index in [-0.39, 0.29) is 17.9 Å². The van der Waals surface area contributed by atoms with E-state index in [0.717, 1.165) is 19.5 Å². The van der Waals surface area contributed by atoms with E-state index in [0.29, 0.717) is 36.2 Å². The summed E-state index contributed by atoms with van der Waals surface area (Å²) in [5, 5.41) is 7.21. The van der Waals surface area contributed by atoms with Crippen molar-refractivity contribution in [2.75, 3.05) is 33.2 Å². The number of carbonyl (C=O) groups excluding carboxylic acids is 1. The largest absolute Gasteiger partial charge is 0.487 e. The van der Waals surface area contributed by atoms with Gasteiger partial charge in [0, 0.05) is 39.0 Å². The van der Waals surface area contributed by atoms with Crippen LogP contribution in [-0.2, 0) is 11.2 Å². The van der Waals surface area contributed by atoms with Crippen LogP contribution < -0.4 is 15.4 Å². The van der Waals surface area contributed by atoms with E-state index in [9.17, 15) is 4.79 Å². The van der Waals surface area contributed by atoms with Crippen LogP contribution in [0.25, 0.3) is 0 Å². The number of hydrogen-bond donors (Lipinski definition) is 2. The van der Waals surface area contributed by atoms with E-state index in [2.05, 4.69) is 27.8 Å². The summed E-state index contributed by atoms with van der Waals surface area (Å²) in [6.45, 7) is 4.81. The highest BCUT2D eigenvalue weighted by atomic mass is 35.5. The summed E-state index contributed by atoms with van der Waals surface area (Å²) in [7, 11) is 1.74. The summed E-state index contributed by atoms with van der Waals surface area (Å²) in [4.78, 5) is 18.6. The van der Waals surface area contributed by atoms with Gasteiger partial charge in [0.15, 0.2) is 5.96 Å². The molecule has 166 valence electrons. The zero-order valence-electron chi connectivity index (χ0n) is 18.2. The lowest BCUT2D eigenvalue weighted by molar-refractivity contribution is -0.127. The molecule has 1 amide bonds. The highest BCUT2D eigenvalue weighted by molar-refractivity contribution is 6.32. The van der Waals surface area contributed by atoms with E-state index in [1.807, 2.05) is 54.3 Å². The van der Waals surface area contributed by atoms with Gasteiger partial charge >= 0.3 is 0 Å². The van der Waals surface area contributed by atoms with Gasteiger partial charge in [0.25, 0.3) is 0 Å². The first kappa shape index (κ1) is 22.9. The average molecular weight is 443 g/mol. The highest BCUT2D eigenvalue weighted by Crippen LogP contribution is 2.24. The molecule has 1 aliphatic rings. The fourth-order valence-corrected chi connectivity index (χ4v) is 3.80. The van der Waals surface area contributed by atoms with Gasteiger partial charge in [-0.25, -0.2) is 0 Å². The third-order valence-electron chi connectivity index (χ3n) is 5.31. The highest BCUT2D eigenvalue weighted by Gasteiger charge is 2.29. The molecule has 2 aromatic rings. The Bertz CT molecular complexity index is 875. The molecule has 1 fully saturated rings. The molecule has 2 aromatic carbocycles. The summed E-state index contributed by atoms with van der Waals surface area (Å²) in [5.74, 6) is 1.87. The van der Waals surface area contributed by atoms with Crippen molar-refractivity contribution in [3.05, 3.63) is 65.2 Å². The molecule has 2 atom stereocenters. The number of likely N-dealkylation sites (tertiary alicyclic amines) is 1. The Kier molecular flexibility index (Phi) is 8.59. The summed E-state index contributed by atoms with van der Waals surface area (Å²) in [6.07, 6.45) is 1.38. The zero-order chi connectivity index (χ0) is 22.1. The zero-order valence-corrected chi connectivity index (χ0v) is 18.9. The first-order chi connectivity index (χ1) is 15.0. The number of halogens is 1. The molecule has 1 saturated heterocycles. The fraction of sp³-hybridized carbons (Fsp3) is 0.417. The Morgan fingerprint density at radius 3 is 2.68 bits per heavy atom. The maximum atomic E-state index is 12.4. The minimum absolute atomic E-state index is 0.0833. The van der Waals surface area contributed by atoms with E-state index in [4.69, 9.17) is 16.3 Å². The summed E-state index contributed by atoms with van der Waals surface area (Å²) in [6, 6.07) is 17.7. The number of rotatable bonds is 9. The molecule has 0 aromatic heterocycles. The molecule has 2 N–H and O–H groups in total. The lowest BCUT2D eigenvalue weighted by Crippen LogP contribution is -2.43. The molecule has 0 spiro atoms. The van der Waals surface area contributed by atoms with Crippen molar-refractivity contribution < 1.29 is 9.53 Å². The van der Waals surface area contributed by atoms with Gasteiger partial charge in [-0.1, -0.05) is 54.1 Å². The second kappa shape index (κ2) is 11.6. The third kappa shape index (κ3) is 7.17. The number of guanidine groups is 1. The van der Waals surface area contributed by atoms with Gasteiger partial charge in [-0.2, -0.15) is 0 Å². The predicted octanol–water partition coefficient (Wildman–Crippen LogP) is 3.36. The molecule has 0 aliphatic carbocycles. The summed E-state index contributed by atoms with van der Waals surface area (Å²) < 4.78 is 5.88. The smallest absolute Gasteiger partial charge is 0.223 e. The van der Waals surface area contributed by atoms with Gasteiger partial charge in [0.05, 0.1) is 11.6 Å². The van der Waals surface area contributed by atoms with E-state index in [1.54, 1.807) is 7.05 Å². The Labute approximate surface area is 189 Å². The minimum atomic E-state index is -0.0833. The van der Waals surface area contributed by atoms with Crippen LogP contribution in [0.2, 0.25) is 5.02 Å². The van der Waals surface area contributed by atoms with Gasteiger partial charge in [-0.3, -0.25) is 9.79 Å². The monoisotopic (exact) mass is 442 g/mol. The van der Waals surface area contributed by atoms with Crippen LogP contribution in [0, 0.1) is 5.92 Å². The van der Waals surface area contributed by atoms with Crippen LogP contribution in [0.5, 0.6) is 5.75 Å². The van der Waals surface area contributed by atoms with Crippen molar-refractivity contribution in [2.45, 2.75) is 25.9 Å². The first-order valence-electron chi connectivity index (χ1n) is 10.7. The van der Waals surface area contributed by atoms with Crippen molar-refractivity contribution >= 4 is 23.5 Å². The summed E-state index contributed by atoms with van der Waals surface area (Å²) in [5.41, 5.74) is 1.26. The Morgan fingerprint density at radius 2 is 1.94 bits per heavy atom. The van der Waals surface area contributed by atoms with E-state index < -0.39 is 0 Å². The number of nitrogens with zero attached hydrogens (tertiary/aromatic N) is 2. The molecule has 6 nitrogen and oxygen atoms in total. The van der Waals surface area contributed by atoms with Crippen LogP contribution in [0.4, 0.5) is 0 Å². The molecule has 0 bridgehead atoms. The maximum absolute atomic E-state index is 12.4. The van der Waals surface area contributed by atoms with Crippen LogP contribution in [0.3, 0.4) is 0 Å². The van der Waals surface area contributed by atoms with E-state index in [1.165, 1.54) is 5.56 Å². The van der Waals surface area contributed by atoms with Crippen molar-refractivity contribution in [1.82, 2.24) is 15.5 Å². The first-order valence-corrected chi connectivity index (χ1v) is 11.1. The lowest BCUT2D eigenvalue weighted by Gasteiger charge is -2.20. The van der Waals surface area contributed by atoms with Gasteiger partial charge in [0.1, 0.15) is 11.9 Å². The van der Waals surface area contributed by atoms with Crippen LogP contribution in [0.1, 0.15) is 18.9 Å². The number of ether oxygens (including phenoxy) is 1. The molecule has 31 heavy (non-hydrogen) atoms. The molecule has 0 saturated carbocycles. The predicted molar refractivity (Wildman–Crippen MR) is 126 cm³/mol. The molecule has 1 aliphatic heterocycles. The lowest BCUT2D eigenvalue weighted by atomic mass is 10.1. The maximum Gasteiger partial charge on any atom is 0.223 e. The molecule has 7 heteroatoms. The Hall–Kier alpha value is -2.73. The molecule has 1 heterocycles. The van der Waals surface area contributed by atoms with Crippen LogP contribution >= 0.6 is 11.6 Å². The minimum Gasteiger partial charge on any atom is -0.487 e. The number of nitrogens with one attached hydrogen (secondary N) is 2. The topological polar surface area (TPSA) is 66.0 Å². The van der Waals surface area contributed by atoms with Gasteiger partial charge in [0.2, 0.25) is 5.91 Å². The average Bonchev–Trinajstić information content (AvgIpc) is 3.14. The molecule has 0 radical (unpaired) electrons. The van der Waals surface area contributed by atoms with Crippen LogP contribution in [-0.4, -0.2) is 56.1 Å². The van der Waals surface area contributed by atoms with Crippen molar-refractivity contribution in [3.63, 3.8) is 0 Å². The quantitative estimate of drug-likeness (QED) is 0.461. The van der Waals surface area contributed by atoms with Crippen molar-refractivity contribution in [1.29, 1.82) is 0 Å². The molecular formula is C24H31ClN4O2. The summed E-state index contributed by atoms with van der Waals surface area (Å²) >= 11 is 6.15. The van der Waals surface area contributed by atoms with Crippen molar-refractivity contribution in [3.8, 4) is 5.75 Å². The second-order valence-electron chi connectivity index (χ2n) is 7.84. The number of hydrogen-bond acceptors (Lipinski definition) is 3. The van der Waals surface area contributed by atoms with Gasteiger partial charge in [-0.15, -0.1) is 0 Å². The van der Waals surface area contributed by atoms with Gasteiger partial charge in [-0.05, 0) is 31.0 Å².